The molecule has 148 valence electrons. The number of aryl methyl sites for hydroxylation is 2. The van der Waals surface area contributed by atoms with Crippen molar-refractivity contribution in [3.8, 4) is 5.75 Å². The molecule has 0 atom stereocenters. The molecule has 0 spiro atoms. The first-order chi connectivity index (χ1) is 13.2. The lowest BCUT2D eigenvalue weighted by Gasteiger charge is -2.15. The average Bonchev–Trinajstić information content (AvgIpc) is 3.13. The molecule has 0 aliphatic carbocycles. The molecule has 1 heterocycles. The van der Waals surface area contributed by atoms with Crippen molar-refractivity contribution >= 4 is 5.96 Å². The summed E-state index contributed by atoms with van der Waals surface area (Å²) in [6.45, 7) is 7.35. The smallest absolute Gasteiger partial charge is 0.191 e. The molecule has 0 bridgehead atoms. The normalized spacial score (nSPS) is 11.5. The number of nitrogens with one attached hydrogen (secondary N) is 2. The van der Waals surface area contributed by atoms with E-state index in [1.165, 1.54) is 0 Å². The van der Waals surface area contributed by atoms with E-state index in [9.17, 15) is 0 Å². The first-order valence-corrected chi connectivity index (χ1v) is 9.20. The van der Waals surface area contributed by atoms with Crippen LogP contribution in [-0.2, 0) is 24.2 Å². The topological polar surface area (TPSA) is 85.6 Å². The number of aromatic nitrogens is 3. The number of benzene rings is 1. The van der Waals surface area contributed by atoms with E-state index < -0.39 is 0 Å². The summed E-state index contributed by atoms with van der Waals surface area (Å²) in [5.41, 5.74) is 2.24. The highest BCUT2D eigenvalue weighted by Crippen LogP contribution is 2.20. The van der Waals surface area contributed by atoms with Crippen molar-refractivity contribution in [2.75, 3.05) is 33.9 Å². The predicted molar refractivity (Wildman–Crippen MR) is 106 cm³/mol. The van der Waals surface area contributed by atoms with Crippen LogP contribution in [0.2, 0.25) is 0 Å². The van der Waals surface area contributed by atoms with E-state index in [0.717, 1.165) is 48.2 Å². The molecule has 0 amide bonds. The number of hydrogen-bond donors (Lipinski definition) is 2. The molecule has 2 aromatic rings. The number of rotatable bonds is 10. The Morgan fingerprint density at radius 1 is 1.26 bits per heavy atom. The Hall–Kier alpha value is -2.61. The van der Waals surface area contributed by atoms with Crippen molar-refractivity contribution in [2.45, 2.75) is 33.4 Å². The number of methoxy groups -OCH3 is 1. The summed E-state index contributed by atoms with van der Waals surface area (Å²) in [5, 5.41) is 14.7. The first-order valence-electron chi connectivity index (χ1n) is 9.20. The molecule has 8 nitrogen and oxygen atoms in total. The molecule has 0 aliphatic heterocycles. The molecule has 8 heteroatoms. The van der Waals surface area contributed by atoms with Gasteiger partial charge in [0.15, 0.2) is 5.96 Å². The fourth-order valence-electron chi connectivity index (χ4n) is 2.61. The van der Waals surface area contributed by atoms with Gasteiger partial charge in [-0.25, -0.2) is 0 Å². The Balaban J connectivity index is 1.86. The summed E-state index contributed by atoms with van der Waals surface area (Å²) in [7, 11) is 3.43. The van der Waals surface area contributed by atoms with E-state index in [-0.39, 0.29) is 0 Å². The summed E-state index contributed by atoms with van der Waals surface area (Å²) in [4.78, 5) is 4.28. The molecule has 0 fully saturated rings. The fourth-order valence-corrected chi connectivity index (χ4v) is 2.61. The average molecular weight is 374 g/mol. The third kappa shape index (κ3) is 6.56. The third-order valence-electron chi connectivity index (χ3n) is 4.09. The summed E-state index contributed by atoms with van der Waals surface area (Å²) >= 11 is 0. The second-order valence-electron chi connectivity index (χ2n) is 6.10. The quantitative estimate of drug-likeness (QED) is 0.373. The molecular weight excluding hydrogens is 344 g/mol. The van der Waals surface area contributed by atoms with Crippen molar-refractivity contribution < 1.29 is 9.47 Å². The van der Waals surface area contributed by atoms with Gasteiger partial charge in [-0.3, -0.25) is 4.99 Å². The Morgan fingerprint density at radius 2 is 2.11 bits per heavy atom. The van der Waals surface area contributed by atoms with Gasteiger partial charge < -0.3 is 24.7 Å². The zero-order valence-corrected chi connectivity index (χ0v) is 16.7. The highest BCUT2D eigenvalue weighted by molar-refractivity contribution is 5.79. The van der Waals surface area contributed by atoms with Crippen molar-refractivity contribution in [3.05, 3.63) is 41.5 Å². The monoisotopic (exact) mass is 374 g/mol. The van der Waals surface area contributed by atoms with Gasteiger partial charge >= 0.3 is 0 Å². The zero-order valence-electron chi connectivity index (χ0n) is 16.7. The van der Waals surface area contributed by atoms with Crippen LogP contribution in [0.3, 0.4) is 0 Å². The summed E-state index contributed by atoms with van der Waals surface area (Å²) in [5.74, 6) is 2.59. The molecule has 0 saturated carbocycles. The fraction of sp³-hybridized carbons (Fsp3) is 0.526. The van der Waals surface area contributed by atoms with Gasteiger partial charge in [-0.15, -0.1) is 10.2 Å². The van der Waals surface area contributed by atoms with Gasteiger partial charge in [-0.05, 0) is 18.6 Å². The molecule has 2 rings (SSSR count). The van der Waals surface area contributed by atoms with Crippen LogP contribution in [0, 0.1) is 6.92 Å². The third-order valence-corrected chi connectivity index (χ3v) is 4.09. The van der Waals surface area contributed by atoms with Crippen LogP contribution >= 0.6 is 0 Å². The Morgan fingerprint density at radius 3 is 2.85 bits per heavy atom. The molecular formula is C19H30N6O2. The van der Waals surface area contributed by atoms with Crippen LogP contribution in [0.1, 0.15) is 23.9 Å². The van der Waals surface area contributed by atoms with E-state index in [4.69, 9.17) is 9.47 Å². The van der Waals surface area contributed by atoms with Gasteiger partial charge in [0.1, 0.15) is 24.5 Å². The Bertz CT molecular complexity index is 729. The van der Waals surface area contributed by atoms with E-state index in [1.54, 1.807) is 20.5 Å². The van der Waals surface area contributed by atoms with Gasteiger partial charge in [0.05, 0.1) is 6.61 Å². The van der Waals surface area contributed by atoms with Gasteiger partial charge in [0.25, 0.3) is 0 Å². The van der Waals surface area contributed by atoms with Crippen molar-refractivity contribution in [1.29, 1.82) is 0 Å². The van der Waals surface area contributed by atoms with Gasteiger partial charge in [0, 0.05) is 45.8 Å². The Kier molecular flexibility index (Phi) is 8.57. The standard InChI is InChI=1S/C19H30N6O2/c1-5-18-24-23-14-25(18)9-8-21-19(20-3)22-13-16-7-6-15(2)12-17(16)27-11-10-26-4/h6-7,12,14H,5,8-11,13H2,1-4H3,(H2,20,21,22). The minimum atomic E-state index is 0.526. The summed E-state index contributed by atoms with van der Waals surface area (Å²) in [6, 6.07) is 6.19. The maximum atomic E-state index is 5.84. The highest BCUT2D eigenvalue weighted by atomic mass is 16.5. The van der Waals surface area contributed by atoms with Crippen LogP contribution in [0.25, 0.3) is 0 Å². The molecule has 0 aliphatic rings. The van der Waals surface area contributed by atoms with Crippen LogP contribution < -0.4 is 15.4 Å². The number of ether oxygens (including phenoxy) is 2. The van der Waals surface area contributed by atoms with Crippen LogP contribution in [-0.4, -0.2) is 54.6 Å². The minimum absolute atomic E-state index is 0.526. The van der Waals surface area contributed by atoms with E-state index in [0.29, 0.717) is 19.8 Å². The first kappa shape index (κ1) is 20.7. The maximum Gasteiger partial charge on any atom is 0.191 e. The number of guanidine groups is 1. The molecule has 0 unspecified atom stereocenters. The van der Waals surface area contributed by atoms with Gasteiger partial charge in [-0.1, -0.05) is 19.1 Å². The predicted octanol–water partition coefficient (Wildman–Crippen LogP) is 1.54. The largest absolute Gasteiger partial charge is 0.491 e. The second-order valence-corrected chi connectivity index (χ2v) is 6.10. The highest BCUT2D eigenvalue weighted by Gasteiger charge is 2.07. The number of nitrogens with zero attached hydrogens (tertiary/aromatic N) is 4. The molecule has 2 N–H and O–H groups in total. The molecule has 0 radical (unpaired) electrons. The summed E-state index contributed by atoms with van der Waals surface area (Å²) < 4.78 is 12.9. The lowest BCUT2D eigenvalue weighted by molar-refractivity contribution is 0.145. The molecule has 1 aromatic carbocycles. The molecule has 27 heavy (non-hydrogen) atoms. The Labute approximate surface area is 161 Å². The molecule has 0 saturated heterocycles. The van der Waals surface area contributed by atoms with Crippen molar-refractivity contribution in [1.82, 2.24) is 25.4 Å². The van der Waals surface area contributed by atoms with E-state index in [1.807, 2.05) is 10.6 Å². The van der Waals surface area contributed by atoms with Crippen LogP contribution in [0.4, 0.5) is 0 Å². The zero-order chi connectivity index (χ0) is 19.5. The number of aliphatic imine (C=N–C) groups is 1. The van der Waals surface area contributed by atoms with Crippen molar-refractivity contribution in [3.63, 3.8) is 0 Å². The molecule has 1 aromatic heterocycles. The van der Waals surface area contributed by atoms with Crippen LogP contribution in [0.15, 0.2) is 29.5 Å². The lowest BCUT2D eigenvalue weighted by atomic mass is 10.1. The summed E-state index contributed by atoms with van der Waals surface area (Å²) in [6.07, 6.45) is 2.62. The van der Waals surface area contributed by atoms with E-state index >= 15 is 0 Å². The number of hydrogen-bond acceptors (Lipinski definition) is 5. The maximum absolute atomic E-state index is 5.84. The van der Waals surface area contributed by atoms with Gasteiger partial charge in [-0.2, -0.15) is 0 Å². The lowest BCUT2D eigenvalue weighted by Crippen LogP contribution is -2.38. The van der Waals surface area contributed by atoms with Gasteiger partial charge in [0.2, 0.25) is 0 Å². The van der Waals surface area contributed by atoms with Crippen molar-refractivity contribution in [2.24, 2.45) is 4.99 Å². The van der Waals surface area contributed by atoms with E-state index in [2.05, 4.69) is 51.8 Å². The second kappa shape index (κ2) is 11.2. The van der Waals surface area contributed by atoms with Crippen LogP contribution in [0.5, 0.6) is 5.75 Å². The minimum Gasteiger partial charge on any atom is -0.491 e. The SMILES string of the molecule is CCc1nncn1CCNC(=NC)NCc1ccc(C)cc1OCCOC.